The van der Waals surface area contributed by atoms with Gasteiger partial charge in [-0.2, -0.15) is 0 Å². The predicted octanol–water partition coefficient (Wildman–Crippen LogP) is 7.05. The minimum absolute atomic E-state index is 0.0986. The molecule has 0 bridgehead atoms. The molecule has 0 fully saturated rings. The maximum absolute atomic E-state index is 9.62. The van der Waals surface area contributed by atoms with E-state index in [4.69, 9.17) is 16.3 Å². The number of benzene rings is 2. The molecule has 1 aliphatic heterocycles. The van der Waals surface area contributed by atoms with Gasteiger partial charge in [0.05, 0.1) is 17.7 Å². The molecule has 1 N–H and O–H groups in total. The molecule has 1 aliphatic rings. The fraction of sp³-hybridized carbons (Fsp3) is 0.280. The summed E-state index contributed by atoms with van der Waals surface area (Å²) in [6.45, 7) is 7.08. The van der Waals surface area contributed by atoms with Gasteiger partial charge in [-0.1, -0.05) is 67.9 Å². The molecule has 0 spiro atoms. The monoisotopic (exact) mass is 394 g/mol. The Morgan fingerprint density at radius 2 is 2.00 bits per heavy atom. The van der Waals surface area contributed by atoms with Crippen LogP contribution < -0.4 is 0 Å². The Kier molecular flexibility index (Phi) is 7.13. The molecule has 3 rings (SSSR count). The van der Waals surface area contributed by atoms with Crippen molar-refractivity contribution in [1.29, 1.82) is 0 Å². The normalized spacial score (nSPS) is 16.9. The van der Waals surface area contributed by atoms with E-state index in [9.17, 15) is 5.11 Å². The third kappa shape index (κ3) is 5.15. The van der Waals surface area contributed by atoms with Gasteiger partial charge < -0.3 is 9.84 Å². The highest BCUT2D eigenvalue weighted by atomic mass is 35.5. The maximum Gasteiger partial charge on any atom is 0.117 e. The zero-order valence-electron chi connectivity index (χ0n) is 16.3. The van der Waals surface area contributed by atoms with Crippen LogP contribution in [0.5, 0.6) is 5.75 Å². The van der Waals surface area contributed by atoms with Crippen molar-refractivity contribution >= 4 is 23.3 Å². The molecule has 0 saturated carbocycles. The summed E-state index contributed by atoms with van der Waals surface area (Å²) in [6.07, 6.45) is 8.24. The highest BCUT2D eigenvalue weighted by Crippen LogP contribution is 2.32. The van der Waals surface area contributed by atoms with Gasteiger partial charge in [0, 0.05) is 0 Å². The van der Waals surface area contributed by atoms with Crippen LogP contribution in [0.4, 0.5) is 0 Å². The second-order valence-corrected chi connectivity index (χ2v) is 7.52. The van der Waals surface area contributed by atoms with Crippen LogP contribution in [0.15, 0.2) is 72.3 Å². The number of allylic oxidation sites excluding steroid dienone is 1. The second kappa shape index (κ2) is 9.77. The molecule has 0 saturated heterocycles. The van der Waals surface area contributed by atoms with E-state index in [-0.39, 0.29) is 11.9 Å². The molecular weight excluding hydrogens is 368 g/mol. The number of rotatable bonds is 8. The molecule has 2 aromatic rings. The SMILES string of the molecule is C=C(CCC)C1=CCOC1CC/C(=C/c1ccc(O)cc1Cl)c1ccccc1. The molecule has 0 aromatic heterocycles. The van der Waals surface area contributed by atoms with Gasteiger partial charge in [-0.15, -0.1) is 0 Å². The van der Waals surface area contributed by atoms with Crippen LogP contribution in [-0.2, 0) is 4.74 Å². The summed E-state index contributed by atoms with van der Waals surface area (Å²) in [6, 6.07) is 15.4. The topological polar surface area (TPSA) is 29.5 Å². The van der Waals surface area contributed by atoms with E-state index in [1.807, 2.05) is 24.3 Å². The molecule has 0 amide bonds. The number of halogens is 1. The lowest BCUT2D eigenvalue weighted by Gasteiger charge is -2.18. The van der Waals surface area contributed by atoms with E-state index in [0.29, 0.717) is 11.6 Å². The van der Waals surface area contributed by atoms with E-state index in [1.165, 1.54) is 22.3 Å². The Labute approximate surface area is 172 Å². The Morgan fingerprint density at radius 1 is 1.21 bits per heavy atom. The Balaban J connectivity index is 1.82. The van der Waals surface area contributed by atoms with Gasteiger partial charge in [0.2, 0.25) is 0 Å². The first kappa shape index (κ1) is 20.4. The predicted molar refractivity (Wildman–Crippen MR) is 119 cm³/mol. The van der Waals surface area contributed by atoms with Crippen molar-refractivity contribution in [3.63, 3.8) is 0 Å². The molecule has 0 radical (unpaired) electrons. The van der Waals surface area contributed by atoms with Crippen LogP contribution in [0, 0.1) is 0 Å². The summed E-state index contributed by atoms with van der Waals surface area (Å²) in [4.78, 5) is 0. The van der Waals surface area contributed by atoms with Crippen molar-refractivity contribution in [2.45, 2.75) is 38.7 Å². The fourth-order valence-electron chi connectivity index (χ4n) is 3.59. The molecule has 1 heterocycles. The average Bonchev–Trinajstić information content (AvgIpc) is 3.16. The highest BCUT2D eigenvalue weighted by Gasteiger charge is 2.22. The van der Waals surface area contributed by atoms with Gasteiger partial charge in [-0.3, -0.25) is 0 Å². The first-order valence-electron chi connectivity index (χ1n) is 9.82. The van der Waals surface area contributed by atoms with E-state index < -0.39 is 0 Å². The van der Waals surface area contributed by atoms with E-state index in [2.05, 4.69) is 37.8 Å². The first-order valence-corrected chi connectivity index (χ1v) is 10.2. The third-order valence-electron chi connectivity index (χ3n) is 5.04. The van der Waals surface area contributed by atoms with E-state index in [0.717, 1.165) is 31.2 Å². The molecule has 2 nitrogen and oxygen atoms in total. The summed E-state index contributed by atoms with van der Waals surface area (Å²) in [5, 5.41) is 10.2. The number of ether oxygens (including phenoxy) is 1. The molecule has 28 heavy (non-hydrogen) atoms. The van der Waals surface area contributed by atoms with Gasteiger partial charge in [0.15, 0.2) is 0 Å². The van der Waals surface area contributed by atoms with E-state index in [1.54, 1.807) is 12.1 Å². The molecule has 1 unspecified atom stereocenters. The largest absolute Gasteiger partial charge is 0.508 e. The van der Waals surface area contributed by atoms with Crippen molar-refractivity contribution in [3.8, 4) is 5.75 Å². The Morgan fingerprint density at radius 3 is 2.71 bits per heavy atom. The standard InChI is InChI=1S/C25H27ClO2/c1-3-7-18(2)23-14-15-28-25(23)13-11-20(19-8-5-4-6-9-19)16-21-10-12-22(27)17-24(21)26/h4-6,8-10,12,14,16-17,25,27H,2-3,7,11,13,15H2,1H3/b20-16-. The summed E-state index contributed by atoms with van der Waals surface area (Å²) < 4.78 is 5.97. The first-order chi connectivity index (χ1) is 13.6. The third-order valence-corrected chi connectivity index (χ3v) is 5.37. The van der Waals surface area contributed by atoms with Gasteiger partial charge in [-0.05, 0) is 71.4 Å². The van der Waals surface area contributed by atoms with Crippen LogP contribution in [0.2, 0.25) is 5.02 Å². The summed E-state index contributed by atoms with van der Waals surface area (Å²) >= 11 is 6.34. The highest BCUT2D eigenvalue weighted by molar-refractivity contribution is 6.32. The molecule has 146 valence electrons. The number of hydrogen-bond acceptors (Lipinski definition) is 2. The van der Waals surface area contributed by atoms with Crippen molar-refractivity contribution in [2.75, 3.05) is 6.61 Å². The van der Waals surface area contributed by atoms with Gasteiger partial charge in [-0.25, -0.2) is 0 Å². The van der Waals surface area contributed by atoms with Crippen LogP contribution >= 0.6 is 11.6 Å². The second-order valence-electron chi connectivity index (χ2n) is 7.12. The van der Waals surface area contributed by atoms with Crippen LogP contribution in [-0.4, -0.2) is 17.8 Å². The Hall–Kier alpha value is -2.29. The van der Waals surface area contributed by atoms with Gasteiger partial charge in [0.25, 0.3) is 0 Å². The quantitative estimate of drug-likeness (QED) is 0.486. The summed E-state index contributed by atoms with van der Waals surface area (Å²) in [5.41, 5.74) is 5.72. The smallest absolute Gasteiger partial charge is 0.117 e. The lowest BCUT2D eigenvalue weighted by molar-refractivity contribution is 0.117. The van der Waals surface area contributed by atoms with Crippen molar-refractivity contribution in [3.05, 3.63) is 88.5 Å². The van der Waals surface area contributed by atoms with Crippen molar-refractivity contribution in [2.24, 2.45) is 0 Å². The molecule has 1 atom stereocenters. The van der Waals surface area contributed by atoms with Crippen LogP contribution in [0.25, 0.3) is 11.6 Å². The lowest BCUT2D eigenvalue weighted by Crippen LogP contribution is -2.11. The zero-order valence-corrected chi connectivity index (χ0v) is 17.1. The molecule has 3 heteroatoms. The Bertz CT molecular complexity index is 881. The minimum Gasteiger partial charge on any atom is -0.508 e. The van der Waals surface area contributed by atoms with Crippen molar-refractivity contribution < 1.29 is 9.84 Å². The fourth-order valence-corrected chi connectivity index (χ4v) is 3.82. The molecular formula is C25H27ClO2. The van der Waals surface area contributed by atoms with Gasteiger partial charge >= 0.3 is 0 Å². The molecule has 0 aliphatic carbocycles. The van der Waals surface area contributed by atoms with Crippen molar-refractivity contribution in [1.82, 2.24) is 0 Å². The summed E-state index contributed by atoms with van der Waals surface area (Å²) in [7, 11) is 0. The number of aromatic hydroxyl groups is 1. The molecule has 2 aromatic carbocycles. The van der Waals surface area contributed by atoms with Crippen LogP contribution in [0.3, 0.4) is 0 Å². The maximum atomic E-state index is 9.62. The summed E-state index contributed by atoms with van der Waals surface area (Å²) in [5.74, 6) is 0.173. The van der Waals surface area contributed by atoms with E-state index >= 15 is 0 Å². The van der Waals surface area contributed by atoms with Gasteiger partial charge in [0.1, 0.15) is 5.75 Å². The minimum atomic E-state index is 0.0986. The zero-order chi connectivity index (χ0) is 19.9. The number of phenols is 1. The number of hydrogen-bond donors (Lipinski definition) is 1. The van der Waals surface area contributed by atoms with Crippen LogP contribution in [0.1, 0.15) is 43.7 Å². The lowest BCUT2D eigenvalue weighted by atomic mass is 9.92. The average molecular weight is 395 g/mol. The number of phenolic OH excluding ortho intramolecular Hbond substituents is 1.